The number of carbonyl (C=O) groups excluding carboxylic acids is 1. The highest BCUT2D eigenvalue weighted by molar-refractivity contribution is 7.90. The summed E-state index contributed by atoms with van der Waals surface area (Å²) in [6, 6.07) is 14.7. The number of piperidine rings is 1. The predicted octanol–water partition coefficient (Wildman–Crippen LogP) is 2.42. The maximum atomic E-state index is 12.8. The summed E-state index contributed by atoms with van der Waals surface area (Å²) in [6.45, 7) is 1.48. The number of carbonyl (C=O) groups is 1. The van der Waals surface area contributed by atoms with E-state index in [0.29, 0.717) is 51.3 Å². The number of sulfonamides is 1. The first-order valence-corrected chi connectivity index (χ1v) is 14.2. The summed E-state index contributed by atoms with van der Waals surface area (Å²) in [5.74, 6) is 0.273. The first-order chi connectivity index (χ1) is 15.6. The second-order valence-electron chi connectivity index (χ2n) is 8.20. The van der Waals surface area contributed by atoms with Crippen molar-refractivity contribution in [3.8, 4) is 5.75 Å². The Labute approximate surface area is 196 Å². The molecule has 180 valence electrons. The van der Waals surface area contributed by atoms with Crippen LogP contribution >= 0.6 is 0 Å². The van der Waals surface area contributed by atoms with E-state index in [-0.39, 0.29) is 21.6 Å². The summed E-state index contributed by atoms with van der Waals surface area (Å²) in [5, 5.41) is 0. The van der Waals surface area contributed by atoms with Crippen LogP contribution < -0.4 is 4.74 Å². The lowest BCUT2D eigenvalue weighted by Gasteiger charge is -2.32. The van der Waals surface area contributed by atoms with E-state index in [2.05, 4.69) is 0 Å². The van der Waals surface area contributed by atoms with Crippen LogP contribution in [0.15, 0.2) is 64.4 Å². The zero-order valence-corrected chi connectivity index (χ0v) is 20.5. The quantitative estimate of drug-likeness (QED) is 0.496. The van der Waals surface area contributed by atoms with Crippen molar-refractivity contribution in [1.29, 1.82) is 0 Å². The molecular formula is C23H30N2O6S2. The van der Waals surface area contributed by atoms with Crippen molar-refractivity contribution in [2.75, 3.05) is 39.5 Å². The number of rotatable bonds is 9. The minimum absolute atomic E-state index is 0.00540. The molecule has 0 spiro atoms. The molecule has 8 nitrogen and oxygen atoms in total. The van der Waals surface area contributed by atoms with Gasteiger partial charge in [0.2, 0.25) is 15.9 Å². The van der Waals surface area contributed by atoms with Crippen LogP contribution in [-0.4, -0.2) is 71.5 Å². The van der Waals surface area contributed by atoms with E-state index < -0.39 is 19.9 Å². The zero-order chi connectivity index (χ0) is 24.1. The Bertz CT molecular complexity index is 1160. The second kappa shape index (κ2) is 10.7. The minimum atomic E-state index is -3.53. The monoisotopic (exact) mass is 494 g/mol. The number of benzene rings is 2. The Morgan fingerprint density at radius 1 is 1.00 bits per heavy atom. The Hall–Kier alpha value is -2.43. The van der Waals surface area contributed by atoms with Crippen molar-refractivity contribution in [3.63, 3.8) is 0 Å². The lowest BCUT2D eigenvalue weighted by Crippen LogP contribution is -2.43. The molecule has 10 heteroatoms. The number of sulfone groups is 1. The largest absolute Gasteiger partial charge is 0.493 e. The van der Waals surface area contributed by atoms with Crippen LogP contribution in [0.4, 0.5) is 0 Å². The van der Waals surface area contributed by atoms with Crippen LogP contribution in [0, 0.1) is 5.92 Å². The van der Waals surface area contributed by atoms with E-state index >= 15 is 0 Å². The summed E-state index contributed by atoms with van der Waals surface area (Å²) in [5.41, 5.74) is 0. The van der Waals surface area contributed by atoms with E-state index in [1.54, 1.807) is 54.4 Å². The van der Waals surface area contributed by atoms with E-state index in [1.807, 2.05) is 0 Å². The number of hydrogen-bond acceptors (Lipinski definition) is 6. The highest BCUT2D eigenvalue weighted by Gasteiger charge is 2.33. The van der Waals surface area contributed by atoms with E-state index in [9.17, 15) is 21.6 Å². The summed E-state index contributed by atoms with van der Waals surface area (Å²) in [6.07, 6.45) is 2.72. The van der Waals surface area contributed by atoms with Crippen LogP contribution in [0.25, 0.3) is 0 Å². The molecule has 2 aromatic rings. The number of amides is 1. The van der Waals surface area contributed by atoms with Gasteiger partial charge in [0.15, 0.2) is 9.84 Å². The fourth-order valence-corrected chi connectivity index (χ4v) is 5.94. The normalized spacial score (nSPS) is 15.8. The first-order valence-electron chi connectivity index (χ1n) is 10.8. The van der Waals surface area contributed by atoms with Gasteiger partial charge < -0.3 is 9.64 Å². The molecule has 0 aromatic heterocycles. The Morgan fingerprint density at radius 3 is 2.27 bits per heavy atom. The molecule has 0 unspecified atom stereocenters. The fraction of sp³-hybridized carbons (Fsp3) is 0.435. The lowest BCUT2D eigenvalue weighted by atomic mass is 9.96. The van der Waals surface area contributed by atoms with E-state index in [0.717, 1.165) is 6.26 Å². The number of hydrogen-bond donors (Lipinski definition) is 0. The van der Waals surface area contributed by atoms with Gasteiger partial charge in [0.1, 0.15) is 5.75 Å². The Kier molecular flexibility index (Phi) is 8.14. The summed E-state index contributed by atoms with van der Waals surface area (Å²) in [7, 11) is -5.09. The van der Waals surface area contributed by atoms with Crippen LogP contribution in [0.5, 0.6) is 5.75 Å². The van der Waals surface area contributed by atoms with Gasteiger partial charge in [-0.1, -0.05) is 24.3 Å². The summed E-state index contributed by atoms with van der Waals surface area (Å²) < 4.78 is 55.9. The standard InChI is InChI=1S/C23H30N2O6S2/c1-24(14-7-17-31-20-8-6-11-22(18-20)32(2,27)28)23(26)19-12-15-25(16-13-19)33(29,30)21-9-4-3-5-10-21/h3-6,8-11,18-19H,7,12-17H2,1-2H3. The van der Waals surface area contributed by atoms with Crippen molar-refractivity contribution in [2.45, 2.75) is 29.1 Å². The molecule has 0 bridgehead atoms. The van der Waals surface area contributed by atoms with E-state index in [4.69, 9.17) is 4.74 Å². The number of ether oxygens (including phenoxy) is 1. The molecule has 0 N–H and O–H groups in total. The van der Waals surface area contributed by atoms with Gasteiger partial charge in [0, 0.05) is 38.9 Å². The van der Waals surface area contributed by atoms with Crippen LogP contribution in [0.2, 0.25) is 0 Å². The third-order valence-electron chi connectivity index (χ3n) is 5.70. The van der Waals surface area contributed by atoms with Crippen LogP contribution in [0.3, 0.4) is 0 Å². The van der Waals surface area contributed by atoms with Gasteiger partial charge in [0.05, 0.1) is 16.4 Å². The van der Waals surface area contributed by atoms with Gasteiger partial charge >= 0.3 is 0 Å². The summed E-state index contributed by atoms with van der Waals surface area (Å²) in [4.78, 5) is 14.9. The highest BCUT2D eigenvalue weighted by Crippen LogP contribution is 2.25. The molecular weight excluding hydrogens is 464 g/mol. The fourth-order valence-electron chi connectivity index (χ4n) is 3.79. The predicted molar refractivity (Wildman–Crippen MR) is 125 cm³/mol. The highest BCUT2D eigenvalue weighted by atomic mass is 32.2. The molecule has 0 aliphatic carbocycles. The molecule has 0 saturated carbocycles. The van der Waals surface area contributed by atoms with Gasteiger partial charge in [-0.2, -0.15) is 4.31 Å². The third kappa shape index (κ3) is 6.55. The average Bonchev–Trinajstić information content (AvgIpc) is 2.81. The van der Waals surface area contributed by atoms with Gasteiger partial charge in [-0.3, -0.25) is 4.79 Å². The first kappa shape index (κ1) is 25.2. The van der Waals surface area contributed by atoms with Crippen molar-refractivity contribution < 1.29 is 26.4 Å². The van der Waals surface area contributed by atoms with E-state index in [1.165, 1.54) is 16.4 Å². The molecule has 0 radical (unpaired) electrons. The van der Waals surface area contributed by atoms with Gasteiger partial charge in [0.25, 0.3) is 0 Å². The summed E-state index contributed by atoms with van der Waals surface area (Å²) >= 11 is 0. The molecule has 1 aliphatic heterocycles. The van der Waals surface area contributed by atoms with Gasteiger partial charge in [-0.05, 0) is 49.6 Å². The molecule has 0 atom stereocenters. The van der Waals surface area contributed by atoms with Crippen molar-refractivity contribution >= 4 is 25.8 Å². The smallest absolute Gasteiger partial charge is 0.243 e. The van der Waals surface area contributed by atoms with Gasteiger partial charge in [-0.25, -0.2) is 16.8 Å². The molecule has 1 heterocycles. The minimum Gasteiger partial charge on any atom is -0.493 e. The van der Waals surface area contributed by atoms with Crippen molar-refractivity contribution in [1.82, 2.24) is 9.21 Å². The molecule has 1 aliphatic rings. The zero-order valence-electron chi connectivity index (χ0n) is 18.9. The maximum absolute atomic E-state index is 12.8. The van der Waals surface area contributed by atoms with Crippen LogP contribution in [-0.2, 0) is 24.7 Å². The van der Waals surface area contributed by atoms with Gasteiger partial charge in [-0.15, -0.1) is 0 Å². The Morgan fingerprint density at radius 2 is 1.64 bits per heavy atom. The lowest BCUT2D eigenvalue weighted by molar-refractivity contribution is -0.135. The average molecular weight is 495 g/mol. The maximum Gasteiger partial charge on any atom is 0.243 e. The van der Waals surface area contributed by atoms with Crippen molar-refractivity contribution in [3.05, 3.63) is 54.6 Å². The van der Waals surface area contributed by atoms with Crippen LogP contribution in [0.1, 0.15) is 19.3 Å². The SMILES string of the molecule is CN(CCCOc1cccc(S(C)(=O)=O)c1)C(=O)C1CCN(S(=O)(=O)c2ccccc2)CC1. The molecule has 33 heavy (non-hydrogen) atoms. The third-order valence-corrected chi connectivity index (χ3v) is 8.72. The molecule has 1 amide bonds. The second-order valence-corrected chi connectivity index (χ2v) is 12.2. The topological polar surface area (TPSA) is 101 Å². The number of nitrogens with zero attached hydrogens (tertiary/aromatic N) is 2. The molecule has 1 fully saturated rings. The molecule has 1 saturated heterocycles. The Balaban J connectivity index is 1.44. The van der Waals surface area contributed by atoms with Crippen molar-refractivity contribution in [2.24, 2.45) is 5.92 Å². The molecule has 2 aromatic carbocycles. The molecule has 3 rings (SSSR count).